The fraction of sp³-hybridized carbons (Fsp3) is 0.652. The van der Waals surface area contributed by atoms with Crippen LogP contribution in [0.4, 0.5) is 0 Å². The number of likely N-dealkylation sites (tertiary alicyclic amines) is 1. The van der Waals surface area contributed by atoms with E-state index in [4.69, 9.17) is 0 Å². The van der Waals surface area contributed by atoms with Crippen molar-refractivity contribution in [3.05, 3.63) is 35.4 Å². The van der Waals surface area contributed by atoms with Gasteiger partial charge in [-0.1, -0.05) is 43.5 Å². The second-order valence-electron chi connectivity index (χ2n) is 8.83. The molecule has 2 N–H and O–H groups in total. The molecule has 180 valence electrons. The lowest BCUT2D eigenvalue weighted by atomic mass is 9.88. The van der Waals surface area contributed by atoms with Crippen molar-refractivity contribution in [3.8, 4) is 0 Å². The van der Waals surface area contributed by atoms with Crippen molar-refractivity contribution < 1.29 is 13.2 Å². The van der Waals surface area contributed by atoms with Gasteiger partial charge in [-0.2, -0.15) is 0 Å². The third-order valence-electron chi connectivity index (χ3n) is 6.01. The van der Waals surface area contributed by atoms with Gasteiger partial charge in [0.2, 0.25) is 5.91 Å². The first-order chi connectivity index (χ1) is 14.8. The Morgan fingerprint density at radius 1 is 1.09 bits per heavy atom. The van der Waals surface area contributed by atoms with Crippen molar-refractivity contribution in [1.82, 2.24) is 15.5 Å². The second-order valence-corrected chi connectivity index (χ2v) is 11.0. The Kier molecular flexibility index (Phi) is 10.7. The first-order valence-electron chi connectivity index (χ1n) is 11.4. The summed E-state index contributed by atoms with van der Waals surface area (Å²) in [4.78, 5) is 19.5. The Balaban J connectivity index is 0.00000363. The summed E-state index contributed by atoms with van der Waals surface area (Å²) in [5, 5.41) is 6.77. The van der Waals surface area contributed by atoms with Crippen molar-refractivity contribution in [2.75, 3.05) is 25.9 Å². The standard InChI is InChI=1S/C23H36N4O3S.HI/c1-3-24-23(25-15-18-9-11-19(12-10-18)17-31(2,29)30)26-21-13-14-27(16-21)22(28)20-7-5-4-6-8-20;/h9-12,20-21H,3-8,13-17H2,1-2H3,(H2,24,25,26);1H. The van der Waals surface area contributed by atoms with Crippen molar-refractivity contribution in [1.29, 1.82) is 0 Å². The molecule has 1 aliphatic carbocycles. The number of amides is 1. The van der Waals surface area contributed by atoms with Gasteiger partial charge in [-0.25, -0.2) is 13.4 Å². The van der Waals surface area contributed by atoms with Crippen LogP contribution >= 0.6 is 24.0 Å². The van der Waals surface area contributed by atoms with Crippen molar-refractivity contribution in [2.24, 2.45) is 10.9 Å². The van der Waals surface area contributed by atoms with E-state index in [9.17, 15) is 13.2 Å². The van der Waals surface area contributed by atoms with Crippen LogP contribution in [0.1, 0.15) is 56.6 Å². The summed E-state index contributed by atoms with van der Waals surface area (Å²) in [7, 11) is -3.03. The van der Waals surface area contributed by atoms with Crippen LogP contribution in [0.25, 0.3) is 0 Å². The summed E-state index contributed by atoms with van der Waals surface area (Å²) in [6, 6.07) is 7.75. The first-order valence-corrected chi connectivity index (χ1v) is 13.5. The van der Waals surface area contributed by atoms with Crippen LogP contribution in [0.3, 0.4) is 0 Å². The largest absolute Gasteiger partial charge is 0.357 e. The van der Waals surface area contributed by atoms with Gasteiger partial charge in [0.05, 0.1) is 12.3 Å². The summed E-state index contributed by atoms with van der Waals surface area (Å²) in [6.07, 6.45) is 7.88. The number of aliphatic imine (C=N–C) groups is 1. The normalized spacial score (nSPS) is 20.0. The minimum atomic E-state index is -3.03. The zero-order valence-electron chi connectivity index (χ0n) is 19.2. The topological polar surface area (TPSA) is 90.9 Å². The number of hydrogen-bond acceptors (Lipinski definition) is 4. The van der Waals surface area contributed by atoms with Gasteiger partial charge in [0.25, 0.3) is 0 Å². The molecule has 32 heavy (non-hydrogen) atoms. The lowest BCUT2D eigenvalue weighted by Gasteiger charge is -2.26. The van der Waals surface area contributed by atoms with Crippen LogP contribution < -0.4 is 10.6 Å². The molecule has 1 saturated carbocycles. The van der Waals surface area contributed by atoms with Crippen LogP contribution in [0.2, 0.25) is 0 Å². The minimum absolute atomic E-state index is 0. The molecule has 1 aliphatic heterocycles. The zero-order chi connectivity index (χ0) is 22.3. The second kappa shape index (κ2) is 12.8. The molecule has 0 spiro atoms. The number of halogens is 1. The van der Waals surface area contributed by atoms with Crippen molar-refractivity contribution in [3.63, 3.8) is 0 Å². The summed E-state index contributed by atoms with van der Waals surface area (Å²) in [5.74, 6) is 1.36. The van der Waals surface area contributed by atoms with E-state index in [1.807, 2.05) is 36.1 Å². The Morgan fingerprint density at radius 3 is 2.38 bits per heavy atom. The Labute approximate surface area is 209 Å². The molecule has 0 radical (unpaired) electrons. The van der Waals surface area contributed by atoms with E-state index in [0.29, 0.717) is 12.5 Å². The molecular weight excluding hydrogens is 539 g/mol. The van der Waals surface area contributed by atoms with Gasteiger partial charge in [0.15, 0.2) is 15.8 Å². The van der Waals surface area contributed by atoms with Crippen LogP contribution in [0.5, 0.6) is 0 Å². The summed E-state index contributed by atoms with van der Waals surface area (Å²) < 4.78 is 22.9. The zero-order valence-corrected chi connectivity index (χ0v) is 22.3. The van der Waals surface area contributed by atoms with Gasteiger partial charge >= 0.3 is 0 Å². The lowest BCUT2D eigenvalue weighted by molar-refractivity contribution is -0.135. The maximum Gasteiger partial charge on any atom is 0.225 e. The number of hydrogen-bond donors (Lipinski definition) is 2. The molecule has 1 amide bonds. The number of benzene rings is 1. The van der Waals surface area contributed by atoms with E-state index < -0.39 is 9.84 Å². The summed E-state index contributed by atoms with van der Waals surface area (Å²) in [5.41, 5.74) is 1.81. The number of nitrogens with one attached hydrogen (secondary N) is 2. The highest BCUT2D eigenvalue weighted by molar-refractivity contribution is 14.0. The van der Waals surface area contributed by atoms with Crippen LogP contribution in [-0.2, 0) is 26.9 Å². The van der Waals surface area contributed by atoms with Gasteiger partial charge in [0, 0.05) is 37.8 Å². The average Bonchev–Trinajstić information content (AvgIpc) is 3.21. The summed E-state index contributed by atoms with van der Waals surface area (Å²) >= 11 is 0. The third-order valence-corrected chi connectivity index (χ3v) is 6.87. The van der Waals surface area contributed by atoms with E-state index in [-0.39, 0.29) is 41.7 Å². The SMILES string of the molecule is CCNC(=NCc1ccc(CS(C)(=O)=O)cc1)NC1CCN(C(=O)C2CCCCC2)C1.I. The molecule has 0 aromatic heterocycles. The van der Waals surface area contributed by atoms with Gasteiger partial charge in [-0.15, -0.1) is 24.0 Å². The van der Waals surface area contributed by atoms with Crippen LogP contribution in [0, 0.1) is 5.92 Å². The number of carbonyl (C=O) groups excluding carboxylic acids is 1. The molecule has 1 heterocycles. The Morgan fingerprint density at radius 2 is 1.75 bits per heavy atom. The highest BCUT2D eigenvalue weighted by Gasteiger charge is 2.31. The lowest BCUT2D eigenvalue weighted by Crippen LogP contribution is -2.45. The highest BCUT2D eigenvalue weighted by atomic mass is 127. The molecule has 2 aliphatic rings. The molecule has 1 saturated heterocycles. The molecule has 0 bridgehead atoms. The van der Waals surface area contributed by atoms with E-state index in [1.165, 1.54) is 25.5 Å². The van der Waals surface area contributed by atoms with Gasteiger partial charge in [-0.05, 0) is 37.3 Å². The number of carbonyl (C=O) groups is 1. The number of sulfone groups is 1. The number of rotatable bonds is 7. The third kappa shape index (κ3) is 8.53. The Bertz CT molecular complexity index is 868. The van der Waals surface area contributed by atoms with Crippen molar-refractivity contribution >= 4 is 45.7 Å². The van der Waals surface area contributed by atoms with Crippen molar-refractivity contribution in [2.45, 2.75) is 63.8 Å². The molecule has 1 atom stereocenters. The molecule has 3 rings (SSSR count). The average molecular weight is 577 g/mol. The van der Waals surface area contributed by atoms with E-state index in [2.05, 4.69) is 15.6 Å². The minimum Gasteiger partial charge on any atom is -0.357 e. The molecule has 9 heteroatoms. The highest BCUT2D eigenvalue weighted by Crippen LogP contribution is 2.26. The van der Waals surface area contributed by atoms with E-state index >= 15 is 0 Å². The fourth-order valence-electron chi connectivity index (χ4n) is 4.41. The van der Waals surface area contributed by atoms with E-state index in [1.54, 1.807) is 0 Å². The van der Waals surface area contributed by atoms with Gasteiger partial charge < -0.3 is 15.5 Å². The maximum atomic E-state index is 12.8. The molecule has 2 fully saturated rings. The van der Waals surface area contributed by atoms with E-state index in [0.717, 1.165) is 56.0 Å². The number of guanidine groups is 1. The summed E-state index contributed by atoms with van der Waals surface area (Å²) in [6.45, 7) is 4.85. The number of nitrogens with zero attached hydrogens (tertiary/aromatic N) is 2. The van der Waals surface area contributed by atoms with Gasteiger partial charge in [0.1, 0.15) is 0 Å². The van der Waals surface area contributed by atoms with Gasteiger partial charge in [-0.3, -0.25) is 4.79 Å². The molecule has 1 aromatic rings. The Hall–Kier alpha value is -1.36. The maximum absolute atomic E-state index is 12.8. The monoisotopic (exact) mass is 576 g/mol. The fourth-order valence-corrected chi connectivity index (χ4v) is 5.21. The predicted octanol–water partition coefficient (Wildman–Crippen LogP) is 3.09. The van der Waals surface area contributed by atoms with Crippen LogP contribution in [-0.4, -0.2) is 57.1 Å². The molecule has 1 unspecified atom stereocenters. The van der Waals surface area contributed by atoms with Crippen LogP contribution in [0.15, 0.2) is 29.3 Å². The predicted molar refractivity (Wildman–Crippen MR) is 140 cm³/mol. The molecule has 7 nitrogen and oxygen atoms in total. The quantitative estimate of drug-likeness (QED) is 0.296. The molecule has 1 aromatic carbocycles. The smallest absolute Gasteiger partial charge is 0.225 e. The first kappa shape index (κ1) is 26.9. The molecular formula is C23H37IN4O3S.